The van der Waals surface area contributed by atoms with Crippen molar-refractivity contribution in [2.24, 2.45) is 5.41 Å². The van der Waals surface area contributed by atoms with Gasteiger partial charge in [-0.05, 0) is 18.4 Å². The molecule has 0 atom stereocenters. The second-order valence-electron chi connectivity index (χ2n) is 3.20. The van der Waals surface area contributed by atoms with Gasteiger partial charge >= 0.3 is 0 Å². The summed E-state index contributed by atoms with van der Waals surface area (Å²) in [6.07, 6.45) is 3.25. The summed E-state index contributed by atoms with van der Waals surface area (Å²) in [7, 11) is 0. The highest BCUT2D eigenvalue weighted by Gasteiger charge is 2.11. The van der Waals surface area contributed by atoms with Crippen molar-refractivity contribution >= 4 is 6.29 Å². The van der Waals surface area contributed by atoms with E-state index >= 15 is 0 Å². The SMILES string of the molecule is CC(=C[C]=O)C(C)(C)C. The van der Waals surface area contributed by atoms with Crippen LogP contribution in [0.15, 0.2) is 11.6 Å². The van der Waals surface area contributed by atoms with Gasteiger partial charge in [-0.15, -0.1) is 0 Å². The molecule has 0 aliphatic carbocycles. The molecule has 1 nitrogen and oxygen atoms in total. The van der Waals surface area contributed by atoms with Crippen LogP contribution < -0.4 is 0 Å². The highest BCUT2D eigenvalue weighted by atomic mass is 16.1. The molecule has 0 aliphatic heterocycles. The molecular weight excluding hydrogens is 112 g/mol. The quantitative estimate of drug-likeness (QED) is 0.490. The van der Waals surface area contributed by atoms with Crippen molar-refractivity contribution in [3.63, 3.8) is 0 Å². The molecule has 0 aromatic heterocycles. The van der Waals surface area contributed by atoms with Crippen LogP contribution in [0, 0.1) is 5.41 Å². The Morgan fingerprint density at radius 2 is 1.89 bits per heavy atom. The van der Waals surface area contributed by atoms with E-state index in [1.54, 1.807) is 6.29 Å². The van der Waals surface area contributed by atoms with Crippen molar-refractivity contribution in [1.82, 2.24) is 0 Å². The zero-order chi connectivity index (χ0) is 7.49. The molecular formula is C8H13O. The summed E-state index contributed by atoms with van der Waals surface area (Å²) in [4.78, 5) is 9.86. The average molecular weight is 125 g/mol. The molecule has 0 spiro atoms. The molecule has 0 saturated heterocycles. The molecule has 0 bridgehead atoms. The van der Waals surface area contributed by atoms with Gasteiger partial charge in [-0.2, -0.15) is 0 Å². The van der Waals surface area contributed by atoms with Gasteiger partial charge in [0.2, 0.25) is 6.29 Å². The highest BCUT2D eigenvalue weighted by Crippen LogP contribution is 2.23. The Morgan fingerprint density at radius 1 is 1.44 bits per heavy atom. The number of allylic oxidation sites excluding steroid dienone is 2. The van der Waals surface area contributed by atoms with Crippen LogP contribution in [0.25, 0.3) is 0 Å². The van der Waals surface area contributed by atoms with Crippen LogP contribution in [-0.2, 0) is 4.79 Å². The molecule has 1 radical (unpaired) electrons. The molecule has 0 unspecified atom stereocenters. The fraction of sp³-hybridized carbons (Fsp3) is 0.625. The monoisotopic (exact) mass is 125 g/mol. The van der Waals surface area contributed by atoms with Crippen molar-refractivity contribution in [3.05, 3.63) is 11.6 Å². The van der Waals surface area contributed by atoms with E-state index < -0.39 is 0 Å². The topological polar surface area (TPSA) is 17.1 Å². The largest absolute Gasteiger partial charge is 0.286 e. The van der Waals surface area contributed by atoms with Gasteiger partial charge in [-0.1, -0.05) is 26.3 Å². The van der Waals surface area contributed by atoms with Crippen molar-refractivity contribution in [3.8, 4) is 0 Å². The molecule has 0 heterocycles. The Labute approximate surface area is 56.8 Å². The third-order valence-electron chi connectivity index (χ3n) is 1.46. The lowest BCUT2D eigenvalue weighted by atomic mass is 9.88. The predicted molar refractivity (Wildman–Crippen MR) is 38.9 cm³/mol. The predicted octanol–water partition coefficient (Wildman–Crippen LogP) is 2.09. The Morgan fingerprint density at radius 3 is 2.00 bits per heavy atom. The van der Waals surface area contributed by atoms with Crippen molar-refractivity contribution in [2.45, 2.75) is 27.7 Å². The Balaban J connectivity index is 4.19. The fourth-order valence-electron chi connectivity index (χ4n) is 0.305. The summed E-state index contributed by atoms with van der Waals surface area (Å²) in [5.74, 6) is 0. The minimum atomic E-state index is 0.109. The zero-order valence-electron chi connectivity index (χ0n) is 6.49. The van der Waals surface area contributed by atoms with Gasteiger partial charge in [0.05, 0.1) is 0 Å². The molecule has 0 saturated carbocycles. The second-order valence-corrected chi connectivity index (χ2v) is 3.20. The van der Waals surface area contributed by atoms with E-state index in [0.29, 0.717) is 0 Å². The molecule has 9 heavy (non-hydrogen) atoms. The molecule has 0 amide bonds. The molecule has 51 valence electrons. The summed E-state index contributed by atoms with van der Waals surface area (Å²) < 4.78 is 0. The van der Waals surface area contributed by atoms with Crippen LogP contribution in [-0.4, -0.2) is 6.29 Å². The number of hydrogen-bond donors (Lipinski definition) is 0. The zero-order valence-corrected chi connectivity index (χ0v) is 6.49. The van der Waals surface area contributed by atoms with Gasteiger partial charge in [0.1, 0.15) is 0 Å². The Bertz CT molecular complexity index is 126. The van der Waals surface area contributed by atoms with E-state index in [1.165, 1.54) is 6.08 Å². The average Bonchev–Trinajstić information content (AvgIpc) is 1.64. The van der Waals surface area contributed by atoms with Crippen LogP contribution in [0.1, 0.15) is 27.7 Å². The third-order valence-corrected chi connectivity index (χ3v) is 1.46. The molecule has 1 heteroatoms. The first-order valence-corrected chi connectivity index (χ1v) is 3.03. The summed E-state index contributed by atoms with van der Waals surface area (Å²) in [6, 6.07) is 0. The van der Waals surface area contributed by atoms with Crippen molar-refractivity contribution < 1.29 is 4.79 Å². The van der Waals surface area contributed by atoms with Gasteiger partial charge < -0.3 is 0 Å². The molecule has 0 aromatic carbocycles. The first-order chi connectivity index (χ1) is 3.98. The minimum Gasteiger partial charge on any atom is -0.286 e. The molecule has 0 N–H and O–H groups in total. The fourth-order valence-corrected chi connectivity index (χ4v) is 0.305. The lowest BCUT2D eigenvalue weighted by Gasteiger charge is -2.17. The first-order valence-electron chi connectivity index (χ1n) is 3.03. The van der Waals surface area contributed by atoms with E-state index in [4.69, 9.17) is 0 Å². The smallest absolute Gasteiger partial charge is 0.225 e. The molecule has 0 aliphatic rings. The number of carbonyl (C=O) groups excluding carboxylic acids is 1. The number of hydrogen-bond acceptors (Lipinski definition) is 1. The Kier molecular flexibility index (Phi) is 2.63. The molecule has 0 aromatic rings. The van der Waals surface area contributed by atoms with Gasteiger partial charge in [-0.3, -0.25) is 4.79 Å². The van der Waals surface area contributed by atoms with Crippen LogP contribution >= 0.6 is 0 Å². The molecule has 0 rings (SSSR count). The maximum absolute atomic E-state index is 9.86. The van der Waals surface area contributed by atoms with Crippen LogP contribution in [0.4, 0.5) is 0 Å². The summed E-state index contributed by atoms with van der Waals surface area (Å²) in [5.41, 5.74) is 1.18. The summed E-state index contributed by atoms with van der Waals surface area (Å²) >= 11 is 0. The second kappa shape index (κ2) is 2.81. The van der Waals surface area contributed by atoms with Crippen molar-refractivity contribution in [2.75, 3.05) is 0 Å². The standard InChI is InChI=1S/C8H13O/c1-7(5-6-9)8(2,3)4/h5H,1-4H3. The lowest BCUT2D eigenvalue weighted by Crippen LogP contribution is -2.06. The van der Waals surface area contributed by atoms with Crippen molar-refractivity contribution in [1.29, 1.82) is 0 Å². The van der Waals surface area contributed by atoms with Gasteiger partial charge in [-0.25, -0.2) is 0 Å². The van der Waals surface area contributed by atoms with Gasteiger partial charge in [0.15, 0.2) is 0 Å². The van der Waals surface area contributed by atoms with Gasteiger partial charge in [0, 0.05) is 0 Å². The molecule has 0 fully saturated rings. The van der Waals surface area contributed by atoms with Gasteiger partial charge in [0.25, 0.3) is 0 Å². The van der Waals surface area contributed by atoms with E-state index in [9.17, 15) is 4.79 Å². The maximum atomic E-state index is 9.86. The van der Waals surface area contributed by atoms with E-state index in [1.807, 2.05) is 6.92 Å². The van der Waals surface area contributed by atoms with E-state index in [2.05, 4.69) is 20.8 Å². The first kappa shape index (κ1) is 8.41. The van der Waals surface area contributed by atoms with E-state index in [-0.39, 0.29) is 5.41 Å². The third kappa shape index (κ3) is 3.07. The normalized spacial score (nSPS) is 13.6. The number of rotatable bonds is 1. The summed E-state index contributed by atoms with van der Waals surface area (Å²) in [6.45, 7) is 8.13. The van der Waals surface area contributed by atoms with Crippen LogP contribution in [0.5, 0.6) is 0 Å². The van der Waals surface area contributed by atoms with Crippen LogP contribution in [0.2, 0.25) is 0 Å². The van der Waals surface area contributed by atoms with Crippen LogP contribution in [0.3, 0.4) is 0 Å². The minimum absolute atomic E-state index is 0.109. The van der Waals surface area contributed by atoms with E-state index in [0.717, 1.165) is 5.57 Å². The Hall–Kier alpha value is -0.590. The summed E-state index contributed by atoms with van der Waals surface area (Å²) in [5, 5.41) is 0. The lowest BCUT2D eigenvalue weighted by molar-refractivity contribution is 0.502. The maximum Gasteiger partial charge on any atom is 0.225 e. The highest BCUT2D eigenvalue weighted by molar-refractivity contribution is 5.67.